The Bertz CT molecular complexity index is 888. The number of esters is 1. The van der Waals surface area contributed by atoms with Crippen LogP contribution in [-0.4, -0.2) is 17.8 Å². The number of benzene rings is 3. The Labute approximate surface area is 145 Å². The maximum Gasteiger partial charge on any atom is 0.344 e. The highest BCUT2D eigenvalue weighted by atomic mass is 16.5. The maximum absolute atomic E-state index is 12.4. The van der Waals surface area contributed by atoms with Gasteiger partial charge in [-0.1, -0.05) is 54.6 Å². The van der Waals surface area contributed by atoms with Gasteiger partial charge in [-0.15, -0.1) is 0 Å². The van der Waals surface area contributed by atoms with Crippen molar-refractivity contribution in [2.75, 3.05) is 0 Å². The highest BCUT2D eigenvalue weighted by Gasteiger charge is 2.15. The zero-order chi connectivity index (χ0) is 17.5. The van der Waals surface area contributed by atoms with E-state index < -0.39 is 11.9 Å². The molecule has 0 aliphatic rings. The molecule has 0 N–H and O–H groups in total. The van der Waals surface area contributed by atoms with E-state index in [1.807, 2.05) is 18.2 Å². The summed E-state index contributed by atoms with van der Waals surface area (Å²) in [6, 6.07) is 26.1. The summed E-state index contributed by atoms with van der Waals surface area (Å²) in [5.74, 6) is -1.06. The Morgan fingerprint density at radius 2 is 1.04 bits per heavy atom. The zero-order valence-electron chi connectivity index (χ0n) is 13.3. The molecule has 0 fully saturated rings. The molecule has 0 heterocycles. The van der Waals surface area contributed by atoms with Crippen molar-refractivity contribution in [3.05, 3.63) is 108 Å². The molecule has 3 aromatic carbocycles. The van der Waals surface area contributed by atoms with Crippen LogP contribution in [0.25, 0.3) is 0 Å². The quantitative estimate of drug-likeness (QED) is 0.412. The van der Waals surface area contributed by atoms with Gasteiger partial charge in [0.2, 0.25) is 5.90 Å². The zero-order valence-corrected chi connectivity index (χ0v) is 13.3. The number of hydrogen-bond donors (Lipinski definition) is 0. The van der Waals surface area contributed by atoms with Crippen LogP contribution in [0, 0.1) is 0 Å². The minimum Gasteiger partial charge on any atom is -0.403 e. The van der Waals surface area contributed by atoms with Gasteiger partial charge in [-0.2, -0.15) is 4.99 Å². The summed E-state index contributed by atoms with van der Waals surface area (Å²) in [5, 5.41) is 0. The summed E-state index contributed by atoms with van der Waals surface area (Å²) < 4.78 is 5.40. The molecule has 122 valence electrons. The van der Waals surface area contributed by atoms with E-state index in [1.165, 1.54) is 0 Å². The first-order chi connectivity index (χ1) is 12.2. The Hall–Kier alpha value is -3.53. The third-order valence-corrected chi connectivity index (χ3v) is 3.44. The van der Waals surface area contributed by atoms with Gasteiger partial charge in [0.15, 0.2) is 0 Å². The lowest BCUT2D eigenvalue weighted by molar-refractivity contribution is 0.0717. The van der Waals surface area contributed by atoms with Gasteiger partial charge in [-0.05, 0) is 36.4 Å². The summed E-state index contributed by atoms with van der Waals surface area (Å²) in [6.45, 7) is 0. The molecule has 0 saturated carbocycles. The van der Waals surface area contributed by atoms with Crippen molar-refractivity contribution in [3.8, 4) is 0 Å². The number of rotatable bonds is 3. The molecule has 0 saturated heterocycles. The molecule has 3 aromatic rings. The molecule has 0 unspecified atom stereocenters. The van der Waals surface area contributed by atoms with Gasteiger partial charge in [-0.3, -0.25) is 4.79 Å². The predicted molar refractivity (Wildman–Crippen MR) is 95.6 cm³/mol. The third-order valence-electron chi connectivity index (χ3n) is 3.44. The molecule has 4 nitrogen and oxygen atoms in total. The number of aliphatic imine (C=N–C) groups is 1. The summed E-state index contributed by atoms with van der Waals surface area (Å²) in [5.41, 5.74) is 1.36. The molecule has 25 heavy (non-hydrogen) atoms. The molecule has 0 radical (unpaired) electrons. The highest BCUT2D eigenvalue weighted by molar-refractivity contribution is 6.11. The SMILES string of the molecule is O=C(N=C(OC(=O)c1ccccc1)c1ccccc1)c1ccccc1. The average molecular weight is 329 g/mol. The fourth-order valence-corrected chi connectivity index (χ4v) is 2.19. The van der Waals surface area contributed by atoms with Crippen molar-refractivity contribution in [3.63, 3.8) is 0 Å². The van der Waals surface area contributed by atoms with Gasteiger partial charge in [0.05, 0.1) is 5.56 Å². The predicted octanol–water partition coefficient (Wildman–Crippen LogP) is 4.13. The molecular formula is C21H15NO3. The van der Waals surface area contributed by atoms with Crippen molar-refractivity contribution < 1.29 is 14.3 Å². The first-order valence-corrected chi connectivity index (χ1v) is 7.75. The number of nitrogens with zero attached hydrogens (tertiary/aromatic N) is 1. The monoisotopic (exact) mass is 329 g/mol. The van der Waals surface area contributed by atoms with E-state index in [4.69, 9.17) is 4.74 Å². The lowest BCUT2D eigenvalue weighted by Crippen LogP contribution is -2.16. The standard InChI is InChI=1S/C21H15NO3/c23-19(16-10-4-1-5-11-16)22-20(17-12-6-2-7-13-17)25-21(24)18-14-8-3-9-15-18/h1-15H. The van der Waals surface area contributed by atoms with Crippen molar-refractivity contribution in [1.82, 2.24) is 0 Å². The Morgan fingerprint density at radius 3 is 1.56 bits per heavy atom. The number of carbonyl (C=O) groups is 2. The second kappa shape index (κ2) is 7.84. The molecule has 0 aliphatic heterocycles. The second-order valence-electron chi connectivity index (χ2n) is 5.21. The Morgan fingerprint density at radius 1 is 0.600 bits per heavy atom. The van der Waals surface area contributed by atoms with E-state index in [0.717, 1.165) is 0 Å². The number of hydrogen-bond acceptors (Lipinski definition) is 3. The van der Waals surface area contributed by atoms with E-state index >= 15 is 0 Å². The average Bonchev–Trinajstić information content (AvgIpc) is 2.69. The van der Waals surface area contributed by atoms with Gasteiger partial charge in [0.1, 0.15) is 0 Å². The van der Waals surface area contributed by atoms with E-state index in [0.29, 0.717) is 16.7 Å². The van der Waals surface area contributed by atoms with Gasteiger partial charge >= 0.3 is 5.97 Å². The number of carbonyl (C=O) groups excluding carboxylic acids is 2. The smallest absolute Gasteiger partial charge is 0.344 e. The van der Waals surface area contributed by atoms with E-state index in [2.05, 4.69) is 4.99 Å². The summed E-state index contributed by atoms with van der Waals surface area (Å²) in [7, 11) is 0. The number of ether oxygens (including phenoxy) is 1. The minimum atomic E-state index is -0.566. The second-order valence-corrected chi connectivity index (χ2v) is 5.21. The van der Waals surface area contributed by atoms with Gasteiger partial charge in [-0.25, -0.2) is 4.79 Å². The number of amides is 1. The van der Waals surface area contributed by atoms with Crippen LogP contribution in [0.5, 0.6) is 0 Å². The topological polar surface area (TPSA) is 55.7 Å². The van der Waals surface area contributed by atoms with E-state index in [-0.39, 0.29) is 5.90 Å². The van der Waals surface area contributed by atoms with Crippen molar-refractivity contribution in [2.45, 2.75) is 0 Å². The molecule has 3 rings (SSSR count). The fourth-order valence-electron chi connectivity index (χ4n) is 2.19. The first-order valence-electron chi connectivity index (χ1n) is 7.75. The van der Waals surface area contributed by atoms with Gasteiger partial charge in [0.25, 0.3) is 5.91 Å². The largest absolute Gasteiger partial charge is 0.403 e. The third kappa shape index (κ3) is 4.26. The van der Waals surface area contributed by atoms with Crippen molar-refractivity contribution in [2.24, 2.45) is 4.99 Å². The molecule has 4 heteroatoms. The van der Waals surface area contributed by atoms with Crippen LogP contribution in [0.3, 0.4) is 0 Å². The highest BCUT2D eigenvalue weighted by Crippen LogP contribution is 2.10. The normalized spacial score (nSPS) is 11.0. The molecule has 1 amide bonds. The Kier molecular flexibility index (Phi) is 5.12. The molecule has 0 aliphatic carbocycles. The van der Waals surface area contributed by atoms with Crippen LogP contribution in [0.1, 0.15) is 26.3 Å². The summed E-state index contributed by atoms with van der Waals surface area (Å²) >= 11 is 0. The summed E-state index contributed by atoms with van der Waals surface area (Å²) in [4.78, 5) is 28.7. The van der Waals surface area contributed by atoms with Gasteiger partial charge < -0.3 is 4.74 Å². The molecule has 0 atom stereocenters. The van der Waals surface area contributed by atoms with Crippen LogP contribution in [-0.2, 0) is 4.74 Å². The Balaban J connectivity index is 1.92. The lowest BCUT2D eigenvalue weighted by atomic mass is 10.2. The van der Waals surface area contributed by atoms with Gasteiger partial charge in [0, 0.05) is 11.1 Å². The maximum atomic E-state index is 12.4. The van der Waals surface area contributed by atoms with Crippen LogP contribution >= 0.6 is 0 Å². The molecule has 0 aromatic heterocycles. The summed E-state index contributed by atoms with van der Waals surface area (Å²) in [6.07, 6.45) is 0. The molecular weight excluding hydrogens is 314 g/mol. The minimum absolute atomic E-state index is 0.0247. The van der Waals surface area contributed by atoms with Crippen LogP contribution in [0.15, 0.2) is 96.0 Å². The lowest BCUT2D eigenvalue weighted by Gasteiger charge is -2.08. The van der Waals surface area contributed by atoms with E-state index in [1.54, 1.807) is 72.8 Å². The van der Waals surface area contributed by atoms with Crippen LogP contribution in [0.2, 0.25) is 0 Å². The molecule has 0 spiro atoms. The van der Waals surface area contributed by atoms with Crippen molar-refractivity contribution >= 4 is 17.8 Å². The van der Waals surface area contributed by atoms with Crippen LogP contribution in [0.4, 0.5) is 0 Å². The fraction of sp³-hybridized carbons (Fsp3) is 0. The molecule has 0 bridgehead atoms. The first kappa shape index (κ1) is 16.3. The van der Waals surface area contributed by atoms with Crippen LogP contribution < -0.4 is 0 Å². The van der Waals surface area contributed by atoms with E-state index in [9.17, 15) is 9.59 Å². The van der Waals surface area contributed by atoms with Crippen molar-refractivity contribution in [1.29, 1.82) is 0 Å².